The fraction of sp³-hybridized carbons (Fsp3) is 0.241. The van der Waals surface area contributed by atoms with Gasteiger partial charge in [0.15, 0.2) is 0 Å². The van der Waals surface area contributed by atoms with Crippen molar-refractivity contribution in [1.29, 1.82) is 0 Å². The van der Waals surface area contributed by atoms with Gasteiger partial charge in [-0.1, -0.05) is 55.8 Å². The normalized spacial score (nSPS) is 17.4. The minimum Gasteiger partial charge on any atom is -0.507 e. The summed E-state index contributed by atoms with van der Waals surface area (Å²) >= 11 is 0. The summed E-state index contributed by atoms with van der Waals surface area (Å²) in [6.07, 6.45) is 0. The lowest BCUT2D eigenvalue weighted by Crippen LogP contribution is -2.29. The van der Waals surface area contributed by atoms with Crippen LogP contribution in [0.5, 0.6) is 5.75 Å². The number of carbonyl (C=O) groups excluding carboxylic acids is 2. The SMILES string of the molecule is Cc1ccc(N2C(=O)C(=O)/C(=C(\O)c3ccc(OCC(C)C)cc3)C2c2ccccc2C)cc1. The van der Waals surface area contributed by atoms with E-state index < -0.39 is 17.7 Å². The summed E-state index contributed by atoms with van der Waals surface area (Å²) in [5, 5.41) is 11.3. The van der Waals surface area contributed by atoms with Gasteiger partial charge < -0.3 is 9.84 Å². The zero-order chi connectivity index (χ0) is 24.4. The average molecular weight is 456 g/mol. The van der Waals surface area contributed by atoms with Crippen molar-refractivity contribution in [2.45, 2.75) is 33.7 Å². The monoisotopic (exact) mass is 455 g/mol. The smallest absolute Gasteiger partial charge is 0.300 e. The Morgan fingerprint density at radius 2 is 1.59 bits per heavy atom. The number of rotatable bonds is 6. The third kappa shape index (κ3) is 4.46. The van der Waals surface area contributed by atoms with Crippen molar-refractivity contribution in [3.63, 3.8) is 0 Å². The summed E-state index contributed by atoms with van der Waals surface area (Å²) < 4.78 is 5.73. The molecule has 5 nitrogen and oxygen atoms in total. The van der Waals surface area contributed by atoms with Crippen LogP contribution in [0.3, 0.4) is 0 Å². The number of aliphatic hydroxyl groups excluding tert-OH is 1. The van der Waals surface area contributed by atoms with Crippen LogP contribution < -0.4 is 9.64 Å². The van der Waals surface area contributed by atoms with Gasteiger partial charge in [0, 0.05) is 11.3 Å². The Balaban J connectivity index is 1.83. The van der Waals surface area contributed by atoms with Gasteiger partial charge in [0.25, 0.3) is 11.7 Å². The van der Waals surface area contributed by atoms with Crippen LogP contribution in [-0.4, -0.2) is 23.4 Å². The van der Waals surface area contributed by atoms with E-state index >= 15 is 0 Å². The Morgan fingerprint density at radius 3 is 2.21 bits per heavy atom. The average Bonchev–Trinajstić information content (AvgIpc) is 3.09. The van der Waals surface area contributed by atoms with Crippen molar-refractivity contribution in [2.75, 3.05) is 11.5 Å². The van der Waals surface area contributed by atoms with E-state index in [2.05, 4.69) is 13.8 Å². The predicted octanol–water partition coefficient (Wildman–Crippen LogP) is 5.96. The van der Waals surface area contributed by atoms with Gasteiger partial charge in [-0.15, -0.1) is 0 Å². The number of aliphatic hydroxyl groups is 1. The third-order valence-electron chi connectivity index (χ3n) is 5.95. The lowest BCUT2D eigenvalue weighted by Gasteiger charge is -2.26. The molecule has 1 aliphatic rings. The number of benzene rings is 3. The second-order valence-corrected chi connectivity index (χ2v) is 9.09. The Bertz CT molecular complexity index is 1240. The van der Waals surface area contributed by atoms with Gasteiger partial charge >= 0.3 is 0 Å². The van der Waals surface area contributed by atoms with E-state index in [1.54, 1.807) is 24.3 Å². The molecular formula is C29H29NO4. The molecule has 1 heterocycles. The molecule has 1 fully saturated rings. The number of anilines is 1. The standard InChI is InChI=1S/C29H29NO4/c1-18(2)17-34-23-15-11-21(12-16-23)27(31)25-26(24-8-6-5-7-20(24)4)30(29(33)28(25)32)22-13-9-19(3)10-14-22/h5-16,18,26,31H,17H2,1-4H3/b27-25-. The second-order valence-electron chi connectivity index (χ2n) is 9.09. The zero-order valence-corrected chi connectivity index (χ0v) is 19.9. The molecule has 0 aromatic heterocycles. The van der Waals surface area contributed by atoms with Crippen molar-refractivity contribution >= 4 is 23.1 Å². The van der Waals surface area contributed by atoms with E-state index in [0.717, 1.165) is 16.7 Å². The van der Waals surface area contributed by atoms with E-state index in [9.17, 15) is 14.7 Å². The highest BCUT2D eigenvalue weighted by Gasteiger charge is 2.47. The van der Waals surface area contributed by atoms with Gasteiger partial charge in [0.05, 0.1) is 18.2 Å². The number of amides is 1. The number of ether oxygens (including phenoxy) is 1. The Hall–Kier alpha value is -3.86. The van der Waals surface area contributed by atoms with Crippen molar-refractivity contribution in [1.82, 2.24) is 0 Å². The minimum atomic E-state index is -0.735. The van der Waals surface area contributed by atoms with Gasteiger partial charge in [-0.3, -0.25) is 14.5 Å². The van der Waals surface area contributed by atoms with Crippen LogP contribution in [0.4, 0.5) is 5.69 Å². The molecule has 1 aliphatic heterocycles. The summed E-state index contributed by atoms with van der Waals surface area (Å²) in [5.41, 5.74) is 3.91. The molecule has 3 aromatic carbocycles. The minimum absolute atomic E-state index is 0.0794. The molecule has 0 spiro atoms. The summed E-state index contributed by atoms with van der Waals surface area (Å²) in [6, 6.07) is 21.3. The number of aryl methyl sites for hydroxylation is 2. The van der Waals surface area contributed by atoms with Crippen LogP contribution in [0.25, 0.3) is 5.76 Å². The largest absolute Gasteiger partial charge is 0.507 e. The Kier molecular flexibility index (Phi) is 6.55. The van der Waals surface area contributed by atoms with Crippen LogP contribution >= 0.6 is 0 Å². The molecule has 0 aliphatic carbocycles. The number of hydrogen-bond donors (Lipinski definition) is 1. The van der Waals surface area contributed by atoms with E-state index in [4.69, 9.17) is 4.74 Å². The maximum Gasteiger partial charge on any atom is 0.300 e. The van der Waals surface area contributed by atoms with E-state index in [-0.39, 0.29) is 11.3 Å². The molecular weight excluding hydrogens is 426 g/mol. The first-order valence-electron chi connectivity index (χ1n) is 11.4. The molecule has 1 atom stereocenters. The van der Waals surface area contributed by atoms with Crippen molar-refractivity contribution in [3.8, 4) is 5.75 Å². The first-order chi connectivity index (χ1) is 16.3. The molecule has 1 amide bonds. The summed E-state index contributed by atoms with van der Waals surface area (Å²) in [7, 11) is 0. The topological polar surface area (TPSA) is 66.8 Å². The van der Waals surface area contributed by atoms with Gasteiger partial charge in [-0.2, -0.15) is 0 Å². The highest BCUT2D eigenvalue weighted by atomic mass is 16.5. The molecule has 34 heavy (non-hydrogen) atoms. The Morgan fingerprint density at radius 1 is 0.941 bits per heavy atom. The molecule has 1 saturated heterocycles. The molecule has 0 saturated carbocycles. The molecule has 0 bridgehead atoms. The first-order valence-corrected chi connectivity index (χ1v) is 11.4. The summed E-state index contributed by atoms with van der Waals surface area (Å²) in [5.74, 6) is -0.487. The lowest BCUT2D eigenvalue weighted by molar-refractivity contribution is -0.132. The van der Waals surface area contributed by atoms with Gasteiger partial charge in [-0.05, 0) is 67.3 Å². The van der Waals surface area contributed by atoms with Crippen LogP contribution in [-0.2, 0) is 9.59 Å². The number of nitrogens with zero attached hydrogens (tertiary/aromatic N) is 1. The fourth-order valence-corrected chi connectivity index (χ4v) is 4.12. The molecule has 1 N–H and O–H groups in total. The second kappa shape index (κ2) is 9.56. The van der Waals surface area contributed by atoms with E-state index in [1.807, 2.05) is 62.4 Å². The van der Waals surface area contributed by atoms with Crippen molar-refractivity contribution < 1.29 is 19.4 Å². The van der Waals surface area contributed by atoms with Crippen LogP contribution in [0.2, 0.25) is 0 Å². The molecule has 3 aromatic rings. The summed E-state index contributed by atoms with van der Waals surface area (Å²) in [6.45, 7) is 8.62. The lowest BCUT2D eigenvalue weighted by atomic mass is 9.92. The molecule has 5 heteroatoms. The highest BCUT2D eigenvalue weighted by Crippen LogP contribution is 2.43. The Labute approximate surface area is 200 Å². The number of carbonyl (C=O) groups is 2. The van der Waals surface area contributed by atoms with Crippen molar-refractivity contribution in [2.24, 2.45) is 5.92 Å². The molecule has 0 radical (unpaired) electrons. The van der Waals surface area contributed by atoms with Crippen molar-refractivity contribution in [3.05, 3.63) is 101 Å². The van der Waals surface area contributed by atoms with E-state index in [0.29, 0.717) is 29.5 Å². The van der Waals surface area contributed by atoms with Gasteiger partial charge in [0.2, 0.25) is 0 Å². The quantitative estimate of drug-likeness (QED) is 0.283. The van der Waals surface area contributed by atoms with Gasteiger partial charge in [-0.25, -0.2) is 0 Å². The number of ketones is 1. The molecule has 4 rings (SSSR count). The highest BCUT2D eigenvalue weighted by molar-refractivity contribution is 6.51. The molecule has 1 unspecified atom stereocenters. The fourth-order valence-electron chi connectivity index (χ4n) is 4.12. The van der Waals surface area contributed by atoms with E-state index in [1.165, 1.54) is 4.90 Å². The van der Waals surface area contributed by atoms with Crippen LogP contribution in [0, 0.1) is 19.8 Å². The number of hydrogen-bond acceptors (Lipinski definition) is 4. The predicted molar refractivity (Wildman–Crippen MR) is 134 cm³/mol. The number of Topliss-reactive ketones (excluding diaryl/α,β-unsaturated/α-hetero) is 1. The van der Waals surface area contributed by atoms with Crippen LogP contribution in [0.1, 0.15) is 42.1 Å². The van der Waals surface area contributed by atoms with Gasteiger partial charge in [0.1, 0.15) is 11.5 Å². The van der Waals surface area contributed by atoms with Crippen LogP contribution in [0.15, 0.2) is 78.4 Å². The first kappa shape index (κ1) is 23.3. The maximum atomic E-state index is 13.3. The zero-order valence-electron chi connectivity index (χ0n) is 19.9. The molecule has 174 valence electrons. The third-order valence-corrected chi connectivity index (χ3v) is 5.95. The summed E-state index contributed by atoms with van der Waals surface area (Å²) in [4.78, 5) is 28.0. The maximum absolute atomic E-state index is 13.3.